The van der Waals surface area contributed by atoms with Gasteiger partial charge in [0.25, 0.3) is 0 Å². The number of allylic oxidation sites excluding steroid dienone is 2. The predicted octanol–water partition coefficient (Wildman–Crippen LogP) is 2.61. The highest BCUT2D eigenvalue weighted by Gasteiger charge is 2.25. The lowest BCUT2D eigenvalue weighted by molar-refractivity contribution is 0.555. The van der Waals surface area contributed by atoms with Crippen LogP contribution in [-0.4, -0.2) is 11.7 Å². The molecular weight excluding hydrogens is 232 g/mol. The lowest BCUT2D eigenvalue weighted by Crippen LogP contribution is -2.48. The molecule has 1 aliphatic heterocycles. The Hall–Kier alpha value is -1.51. The second kappa shape index (κ2) is 4.40. The van der Waals surface area contributed by atoms with Crippen LogP contribution in [0.1, 0.15) is 5.56 Å². The zero-order valence-electron chi connectivity index (χ0n) is 9.23. The van der Waals surface area contributed by atoms with E-state index in [9.17, 15) is 0 Å². The van der Waals surface area contributed by atoms with Crippen LogP contribution in [0.2, 0.25) is 0 Å². The lowest BCUT2D eigenvalue weighted by Gasteiger charge is -2.32. The molecule has 17 heavy (non-hydrogen) atoms. The second-order valence-electron chi connectivity index (χ2n) is 4.09. The highest BCUT2D eigenvalue weighted by Crippen LogP contribution is 2.26. The smallest absolute Gasteiger partial charge is 0.156 e. The van der Waals surface area contributed by atoms with Crippen LogP contribution in [0.5, 0.6) is 0 Å². The van der Waals surface area contributed by atoms with Crippen molar-refractivity contribution in [2.75, 3.05) is 0 Å². The SMILES string of the molecule is ClC1NC(c2ccccc2)=C2C=CC=CC2N1. The van der Waals surface area contributed by atoms with E-state index in [1.165, 1.54) is 11.1 Å². The average molecular weight is 245 g/mol. The zero-order valence-corrected chi connectivity index (χ0v) is 9.98. The van der Waals surface area contributed by atoms with Crippen molar-refractivity contribution < 1.29 is 0 Å². The normalized spacial score (nSPS) is 26.6. The summed E-state index contributed by atoms with van der Waals surface area (Å²) in [4.78, 5) is 0. The van der Waals surface area contributed by atoms with E-state index in [2.05, 4.69) is 34.9 Å². The summed E-state index contributed by atoms with van der Waals surface area (Å²) >= 11 is 6.17. The first-order valence-corrected chi connectivity index (χ1v) is 6.09. The van der Waals surface area contributed by atoms with Crippen molar-refractivity contribution in [3.8, 4) is 0 Å². The maximum atomic E-state index is 6.17. The maximum absolute atomic E-state index is 6.17. The minimum Gasteiger partial charge on any atom is -0.357 e. The van der Waals surface area contributed by atoms with E-state index in [4.69, 9.17) is 11.6 Å². The van der Waals surface area contributed by atoms with E-state index < -0.39 is 0 Å². The summed E-state index contributed by atoms with van der Waals surface area (Å²) in [5.74, 6) is 0. The van der Waals surface area contributed by atoms with Crippen molar-refractivity contribution >= 4 is 17.3 Å². The van der Waals surface area contributed by atoms with Crippen molar-refractivity contribution in [3.63, 3.8) is 0 Å². The number of nitrogens with one attached hydrogen (secondary N) is 2. The molecule has 0 fully saturated rings. The Labute approximate surface area is 106 Å². The molecule has 2 atom stereocenters. The number of rotatable bonds is 1. The molecule has 2 aliphatic rings. The Morgan fingerprint density at radius 1 is 1.06 bits per heavy atom. The topological polar surface area (TPSA) is 24.1 Å². The van der Waals surface area contributed by atoms with Gasteiger partial charge in [0.05, 0.1) is 6.04 Å². The van der Waals surface area contributed by atoms with E-state index in [-0.39, 0.29) is 11.7 Å². The van der Waals surface area contributed by atoms with Crippen LogP contribution in [0.15, 0.2) is 60.2 Å². The molecule has 0 radical (unpaired) electrons. The van der Waals surface area contributed by atoms with E-state index in [1.807, 2.05) is 30.4 Å². The molecule has 2 N–H and O–H groups in total. The summed E-state index contributed by atoms with van der Waals surface area (Å²) in [6.07, 6.45) is 8.33. The largest absolute Gasteiger partial charge is 0.357 e. The van der Waals surface area contributed by atoms with Crippen LogP contribution in [-0.2, 0) is 0 Å². The molecule has 86 valence electrons. The van der Waals surface area contributed by atoms with Crippen LogP contribution >= 0.6 is 11.6 Å². The van der Waals surface area contributed by atoms with E-state index in [0.29, 0.717) is 0 Å². The summed E-state index contributed by atoms with van der Waals surface area (Å²) in [7, 11) is 0. The van der Waals surface area contributed by atoms with Crippen LogP contribution in [0.25, 0.3) is 5.70 Å². The summed E-state index contributed by atoms with van der Waals surface area (Å²) in [5, 5.41) is 6.56. The molecular formula is C14H13ClN2. The number of fused-ring (bicyclic) bond motifs is 1. The monoisotopic (exact) mass is 244 g/mol. The average Bonchev–Trinajstić information content (AvgIpc) is 2.39. The van der Waals surface area contributed by atoms with Gasteiger partial charge in [0.15, 0.2) is 5.62 Å². The van der Waals surface area contributed by atoms with Gasteiger partial charge < -0.3 is 5.32 Å². The lowest BCUT2D eigenvalue weighted by atomic mass is 9.95. The molecule has 3 rings (SSSR count). The molecule has 1 aromatic carbocycles. The standard InChI is InChI=1S/C14H13ClN2/c15-14-16-12-9-5-4-8-11(12)13(17-14)10-6-2-1-3-7-10/h1-9,12,14,16-17H. The van der Waals surface area contributed by atoms with Crippen molar-refractivity contribution in [1.82, 2.24) is 10.6 Å². The first kappa shape index (κ1) is 10.6. The highest BCUT2D eigenvalue weighted by atomic mass is 35.5. The Morgan fingerprint density at radius 2 is 1.88 bits per heavy atom. The number of benzene rings is 1. The molecule has 1 aliphatic carbocycles. The molecule has 1 aromatic rings. The van der Waals surface area contributed by atoms with Gasteiger partial charge >= 0.3 is 0 Å². The van der Waals surface area contributed by atoms with Gasteiger partial charge in [0, 0.05) is 5.70 Å². The van der Waals surface area contributed by atoms with Crippen molar-refractivity contribution in [2.45, 2.75) is 11.7 Å². The molecule has 0 amide bonds. The number of halogens is 1. The van der Waals surface area contributed by atoms with Gasteiger partial charge in [-0.2, -0.15) is 0 Å². The van der Waals surface area contributed by atoms with Crippen LogP contribution in [0.4, 0.5) is 0 Å². The number of hydrogen-bond donors (Lipinski definition) is 2. The molecule has 0 bridgehead atoms. The predicted molar refractivity (Wildman–Crippen MR) is 71.3 cm³/mol. The van der Waals surface area contributed by atoms with Gasteiger partial charge in [-0.25, -0.2) is 0 Å². The maximum Gasteiger partial charge on any atom is 0.156 e. The minimum atomic E-state index is -0.241. The fraction of sp³-hybridized carbons (Fsp3) is 0.143. The third-order valence-corrected chi connectivity index (χ3v) is 3.21. The quantitative estimate of drug-likeness (QED) is 0.586. The fourth-order valence-corrected chi connectivity index (χ4v) is 2.44. The molecule has 2 unspecified atom stereocenters. The van der Waals surface area contributed by atoms with Crippen molar-refractivity contribution in [3.05, 3.63) is 65.8 Å². The highest BCUT2D eigenvalue weighted by molar-refractivity contribution is 6.20. The number of hydrogen-bond acceptors (Lipinski definition) is 2. The van der Waals surface area contributed by atoms with Crippen LogP contribution < -0.4 is 10.6 Å². The van der Waals surface area contributed by atoms with E-state index in [1.54, 1.807) is 0 Å². The molecule has 0 saturated heterocycles. The van der Waals surface area contributed by atoms with Gasteiger partial charge in [-0.15, -0.1) is 0 Å². The van der Waals surface area contributed by atoms with Gasteiger partial charge in [0.2, 0.25) is 0 Å². The first-order valence-electron chi connectivity index (χ1n) is 5.66. The molecule has 3 heteroatoms. The Balaban J connectivity index is 2.09. The third kappa shape index (κ3) is 2.02. The molecule has 0 saturated carbocycles. The fourth-order valence-electron chi connectivity index (χ4n) is 2.19. The summed E-state index contributed by atoms with van der Waals surface area (Å²) in [5.41, 5.74) is 3.26. The Kier molecular flexibility index (Phi) is 2.75. The Morgan fingerprint density at radius 3 is 2.71 bits per heavy atom. The number of alkyl halides is 1. The van der Waals surface area contributed by atoms with Crippen LogP contribution in [0.3, 0.4) is 0 Å². The van der Waals surface area contributed by atoms with E-state index >= 15 is 0 Å². The molecule has 2 nitrogen and oxygen atoms in total. The van der Waals surface area contributed by atoms with Crippen LogP contribution in [0, 0.1) is 0 Å². The van der Waals surface area contributed by atoms with Gasteiger partial charge in [-0.05, 0) is 11.1 Å². The first-order chi connectivity index (χ1) is 8.34. The van der Waals surface area contributed by atoms with Crippen molar-refractivity contribution in [1.29, 1.82) is 0 Å². The molecule has 1 heterocycles. The van der Waals surface area contributed by atoms with Gasteiger partial charge in [-0.3, -0.25) is 5.32 Å². The summed E-state index contributed by atoms with van der Waals surface area (Å²) in [6, 6.07) is 10.5. The van der Waals surface area contributed by atoms with Gasteiger partial charge in [0.1, 0.15) is 0 Å². The third-order valence-electron chi connectivity index (χ3n) is 2.97. The second-order valence-corrected chi connectivity index (χ2v) is 4.53. The van der Waals surface area contributed by atoms with E-state index in [0.717, 1.165) is 5.70 Å². The molecule has 0 aromatic heterocycles. The Bertz CT molecular complexity index is 502. The summed E-state index contributed by atoms with van der Waals surface area (Å²) in [6.45, 7) is 0. The zero-order chi connectivity index (χ0) is 11.7. The minimum absolute atomic E-state index is 0.193. The summed E-state index contributed by atoms with van der Waals surface area (Å²) < 4.78 is 0. The van der Waals surface area contributed by atoms with Gasteiger partial charge in [-0.1, -0.05) is 66.2 Å². The van der Waals surface area contributed by atoms with Crippen molar-refractivity contribution in [2.24, 2.45) is 0 Å². The molecule has 0 spiro atoms.